The molecule has 2 rings (SSSR count). The number of carbonyl (C=O) groups excluding carboxylic acids is 2. The molecule has 0 aliphatic carbocycles. The van der Waals surface area contributed by atoms with Gasteiger partial charge in [-0.3, -0.25) is 14.5 Å². The van der Waals surface area contributed by atoms with Crippen molar-refractivity contribution in [2.45, 2.75) is 0 Å². The van der Waals surface area contributed by atoms with Gasteiger partial charge < -0.3 is 21.1 Å². The summed E-state index contributed by atoms with van der Waals surface area (Å²) in [5, 5.41) is 5.37. The molecule has 1 saturated heterocycles. The van der Waals surface area contributed by atoms with Crippen LogP contribution >= 0.6 is 24.8 Å². The van der Waals surface area contributed by atoms with Crippen LogP contribution in [-0.4, -0.2) is 62.7 Å². The highest BCUT2D eigenvalue weighted by atomic mass is 35.5. The molecule has 24 heavy (non-hydrogen) atoms. The van der Waals surface area contributed by atoms with Gasteiger partial charge in [0.05, 0.1) is 19.8 Å². The second-order valence-electron chi connectivity index (χ2n) is 5.11. The number of nitrogens with zero attached hydrogens (tertiary/aromatic N) is 1. The topological polar surface area (TPSA) is 96.7 Å². The van der Waals surface area contributed by atoms with Gasteiger partial charge in [0.1, 0.15) is 0 Å². The van der Waals surface area contributed by atoms with Crippen LogP contribution in [0.15, 0.2) is 24.3 Å². The minimum atomic E-state index is -0.289. The van der Waals surface area contributed by atoms with Crippen LogP contribution in [0.2, 0.25) is 0 Å². The summed E-state index contributed by atoms with van der Waals surface area (Å²) in [6.07, 6.45) is 0. The number of nitrogens with one attached hydrogen (secondary N) is 2. The van der Waals surface area contributed by atoms with Gasteiger partial charge >= 0.3 is 0 Å². The Labute approximate surface area is 154 Å². The summed E-state index contributed by atoms with van der Waals surface area (Å²) in [6.45, 7) is 4.59. The molecule has 1 aliphatic heterocycles. The molecule has 0 spiro atoms. The second-order valence-corrected chi connectivity index (χ2v) is 5.11. The summed E-state index contributed by atoms with van der Waals surface area (Å²) in [4.78, 5) is 25.7. The van der Waals surface area contributed by atoms with Gasteiger partial charge in [-0.15, -0.1) is 24.8 Å². The predicted molar refractivity (Wildman–Crippen MR) is 98.0 cm³/mol. The maximum Gasteiger partial charge on any atom is 0.251 e. The molecule has 136 valence electrons. The normalized spacial score (nSPS) is 14.0. The van der Waals surface area contributed by atoms with E-state index in [9.17, 15) is 9.59 Å². The Morgan fingerprint density at radius 2 is 1.71 bits per heavy atom. The lowest BCUT2D eigenvalue weighted by molar-refractivity contribution is -0.120. The first-order valence-electron chi connectivity index (χ1n) is 7.35. The van der Waals surface area contributed by atoms with E-state index in [4.69, 9.17) is 10.5 Å². The molecule has 1 aromatic rings. The van der Waals surface area contributed by atoms with Crippen LogP contribution < -0.4 is 16.4 Å². The third kappa shape index (κ3) is 7.83. The van der Waals surface area contributed by atoms with Crippen molar-refractivity contribution in [3.63, 3.8) is 0 Å². The molecule has 9 heteroatoms. The van der Waals surface area contributed by atoms with Crippen molar-refractivity contribution in [1.29, 1.82) is 0 Å². The highest BCUT2D eigenvalue weighted by Crippen LogP contribution is 2.04. The Bertz CT molecular complexity index is 508. The Hall–Kier alpha value is -1.54. The van der Waals surface area contributed by atoms with E-state index < -0.39 is 0 Å². The third-order valence-electron chi connectivity index (χ3n) is 3.44. The summed E-state index contributed by atoms with van der Waals surface area (Å²) in [5.74, 6) is -0.486. The number of ether oxygens (including phenoxy) is 1. The SMILES string of the molecule is Cl.Cl.Nc1ccc(C(=O)NCC(=O)NCCN2CCOCC2)cc1. The zero-order valence-corrected chi connectivity index (χ0v) is 15.0. The molecule has 0 saturated carbocycles. The number of nitrogen functional groups attached to an aromatic ring is 1. The summed E-state index contributed by atoms with van der Waals surface area (Å²) in [6, 6.07) is 6.55. The standard InChI is InChI=1S/C15H22N4O3.2ClH/c16-13-3-1-12(2-4-13)15(21)18-11-14(20)17-5-6-19-7-9-22-10-8-19;;/h1-4H,5-11,16H2,(H,17,20)(H,18,21);2*1H. The number of hydrogen-bond acceptors (Lipinski definition) is 5. The first kappa shape index (κ1) is 22.5. The Morgan fingerprint density at radius 3 is 2.33 bits per heavy atom. The van der Waals surface area contributed by atoms with E-state index in [1.54, 1.807) is 24.3 Å². The van der Waals surface area contributed by atoms with E-state index in [2.05, 4.69) is 15.5 Å². The molecule has 7 nitrogen and oxygen atoms in total. The van der Waals surface area contributed by atoms with Crippen LogP contribution in [0.3, 0.4) is 0 Å². The van der Waals surface area contributed by atoms with Crippen molar-refractivity contribution in [2.24, 2.45) is 0 Å². The van der Waals surface area contributed by atoms with Gasteiger partial charge in [-0.05, 0) is 24.3 Å². The molecular weight excluding hydrogens is 355 g/mol. The molecule has 0 bridgehead atoms. The maximum absolute atomic E-state index is 11.8. The molecule has 0 radical (unpaired) electrons. The zero-order chi connectivity index (χ0) is 15.8. The fourth-order valence-corrected chi connectivity index (χ4v) is 2.14. The third-order valence-corrected chi connectivity index (χ3v) is 3.44. The van der Waals surface area contributed by atoms with Crippen molar-refractivity contribution < 1.29 is 14.3 Å². The number of benzene rings is 1. The average Bonchev–Trinajstić information content (AvgIpc) is 2.54. The quantitative estimate of drug-likeness (QED) is 0.618. The molecule has 1 aromatic carbocycles. The van der Waals surface area contributed by atoms with E-state index >= 15 is 0 Å². The predicted octanol–water partition coefficient (Wildman–Crippen LogP) is 0.291. The lowest BCUT2D eigenvalue weighted by atomic mass is 10.2. The molecule has 1 fully saturated rings. The molecule has 0 unspecified atom stereocenters. The van der Waals surface area contributed by atoms with Crippen LogP contribution in [-0.2, 0) is 9.53 Å². The summed E-state index contributed by atoms with van der Waals surface area (Å²) in [7, 11) is 0. The minimum absolute atomic E-state index is 0. The number of amides is 2. The molecular formula is C15H24Cl2N4O3. The smallest absolute Gasteiger partial charge is 0.251 e. The molecule has 2 amide bonds. The van der Waals surface area contributed by atoms with Crippen LogP contribution in [0.25, 0.3) is 0 Å². The van der Waals surface area contributed by atoms with E-state index in [1.807, 2.05) is 0 Å². The molecule has 1 aliphatic rings. The monoisotopic (exact) mass is 378 g/mol. The number of rotatable bonds is 6. The second kappa shape index (κ2) is 11.9. The fraction of sp³-hybridized carbons (Fsp3) is 0.467. The largest absolute Gasteiger partial charge is 0.399 e. The van der Waals surface area contributed by atoms with Crippen LogP contribution in [0, 0.1) is 0 Å². The molecule has 4 N–H and O–H groups in total. The van der Waals surface area contributed by atoms with Crippen molar-refractivity contribution in [1.82, 2.24) is 15.5 Å². The Balaban J connectivity index is 0.00000264. The van der Waals surface area contributed by atoms with E-state index in [0.717, 1.165) is 32.8 Å². The van der Waals surface area contributed by atoms with Gasteiger partial charge in [-0.25, -0.2) is 0 Å². The van der Waals surface area contributed by atoms with Crippen molar-refractivity contribution in [3.8, 4) is 0 Å². The van der Waals surface area contributed by atoms with Crippen molar-refractivity contribution in [3.05, 3.63) is 29.8 Å². The highest BCUT2D eigenvalue weighted by Gasteiger charge is 2.11. The average molecular weight is 379 g/mol. The first-order valence-corrected chi connectivity index (χ1v) is 7.35. The Kier molecular flexibility index (Phi) is 11.1. The summed E-state index contributed by atoms with van der Waals surface area (Å²) >= 11 is 0. The summed E-state index contributed by atoms with van der Waals surface area (Å²) < 4.78 is 5.26. The van der Waals surface area contributed by atoms with Gasteiger partial charge in [0, 0.05) is 37.4 Å². The van der Waals surface area contributed by atoms with Gasteiger partial charge in [0.2, 0.25) is 5.91 Å². The lowest BCUT2D eigenvalue weighted by Crippen LogP contribution is -2.43. The summed E-state index contributed by atoms with van der Waals surface area (Å²) in [5.41, 5.74) is 6.63. The van der Waals surface area contributed by atoms with Gasteiger partial charge in [0.15, 0.2) is 0 Å². The Morgan fingerprint density at radius 1 is 1.08 bits per heavy atom. The van der Waals surface area contributed by atoms with Crippen LogP contribution in [0.5, 0.6) is 0 Å². The molecule has 1 heterocycles. The molecule has 0 atom stereocenters. The number of halogens is 2. The van der Waals surface area contributed by atoms with Gasteiger partial charge in [0.25, 0.3) is 5.91 Å². The lowest BCUT2D eigenvalue weighted by Gasteiger charge is -2.26. The number of anilines is 1. The van der Waals surface area contributed by atoms with Gasteiger partial charge in [-0.2, -0.15) is 0 Å². The van der Waals surface area contributed by atoms with Crippen molar-refractivity contribution in [2.75, 3.05) is 51.7 Å². The minimum Gasteiger partial charge on any atom is -0.399 e. The highest BCUT2D eigenvalue weighted by molar-refractivity contribution is 5.96. The van der Waals surface area contributed by atoms with Crippen LogP contribution in [0.1, 0.15) is 10.4 Å². The fourth-order valence-electron chi connectivity index (χ4n) is 2.14. The number of morpholine rings is 1. The number of nitrogens with two attached hydrogens (primary N) is 1. The number of carbonyl (C=O) groups is 2. The zero-order valence-electron chi connectivity index (χ0n) is 13.3. The van der Waals surface area contributed by atoms with Crippen molar-refractivity contribution >= 4 is 42.3 Å². The van der Waals surface area contributed by atoms with E-state index in [1.165, 1.54) is 0 Å². The van der Waals surface area contributed by atoms with E-state index in [-0.39, 0.29) is 43.2 Å². The first-order chi connectivity index (χ1) is 10.6. The van der Waals surface area contributed by atoms with Gasteiger partial charge in [-0.1, -0.05) is 0 Å². The number of hydrogen-bond donors (Lipinski definition) is 3. The maximum atomic E-state index is 11.8. The van der Waals surface area contributed by atoms with E-state index in [0.29, 0.717) is 17.8 Å². The molecule has 0 aromatic heterocycles. The van der Waals surface area contributed by atoms with Crippen LogP contribution in [0.4, 0.5) is 5.69 Å².